The van der Waals surface area contributed by atoms with Gasteiger partial charge < -0.3 is 5.11 Å². The molecule has 0 aliphatic carbocycles. The molecule has 0 aliphatic rings. The lowest BCUT2D eigenvalue weighted by Gasteiger charge is -2.33. The molecule has 47 heavy (non-hydrogen) atoms. The second-order valence-electron chi connectivity index (χ2n) is 11.6. The van der Waals surface area contributed by atoms with Gasteiger partial charge >= 0.3 is 0 Å². The lowest BCUT2D eigenvalue weighted by atomic mass is 10.0. The molecule has 0 bridgehead atoms. The van der Waals surface area contributed by atoms with Crippen molar-refractivity contribution in [3.8, 4) is 34.0 Å². The van der Waals surface area contributed by atoms with Gasteiger partial charge in [-0.25, -0.2) is 4.98 Å². The number of hydrogen-bond acceptors (Lipinski definition) is 3. The Morgan fingerprint density at radius 3 is 1.79 bits per heavy atom. The van der Waals surface area contributed by atoms with Crippen LogP contribution in [0, 0.1) is 0 Å². The molecule has 0 saturated heterocycles. The van der Waals surface area contributed by atoms with Crippen LogP contribution in [-0.2, 0) is 0 Å². The number of phenols is 1. The van der Waals surface area contributed by atoms with E-state index in [1.807, 2.05) is 48.7 Å². The van der Waals surface area contributed by atoms with Crippen LogP contribution in [0.25, 0.3) is 39.2 Å². The highest BCUT2D eigenvalue weighted by atomic mass is 28.3. The number of benzene rings is 6. The van der Waals surface area contributed by atoms with Gasteiger partial charge in [-0.2, -0.15) is 0 Å². The van der Waals surface area contributed by atoms with Crippen LogP contribution in [-0.4, -0.2) is 27.7 Å². The Labute approximate surface area is 274 Å². The van der Waals surface area contributed by atoms with Gasteiger partial charge in [0, 0.05) is 22.8 Å². The van der Waals surface area contributed by atoms with Crippen molar-refractivity contribution < 1.29 is 5.11 Å². The molecule has 0 aliphatic heterocycles. The van der Waals surface area contributed by atoms with E-state index in [1.54, 1.807) is 6.07 Å². The summed E-state index contributed by atoms with van der Waals surface area (Å²) in [5.41, 5.74) is 5.61. The van der Waals surface area contributed by atoms with Crippen molar-refractivity contribution in [2.75, 3.05) is 0 Å². The predicted molar refractivity (Wildman–Crippen MR) is 195 cm³/mol. The molecule has 4 nitrogen and oxygen atoms in total. The molecule has 224 valence electrons. The minimum atomic E-state index is -2.82. The van der Waals surface area contributed by atoms with Crippen molar-refractivity contribution in [3.05, 3.63) is 182 Å². The van der Waals surface area contributed by atoms with Crippen LogP contribution in [0.1, 0.15) is 0 Å². The fourth-order valence-electron chi connectivity index (χ4n) is 6.84. The average Bonchev–Trinajstić information content (AvgIpc) is 3.54. The van der Waals surface area contributed by atoms with Gasteiger partial charge in [-0.15, -0.1) is 0 Å². The molecule has 0 radical (unpaired) electrons. The summed E-state index contributed by atoms with van der Waals surface area (Å²) in [7, 11) is -2.82. The van der Waals surface area contributed by atoms with E-state index >= 15 is 0 Å². The first-order valence-corrected chi connectivity index (χ1v) is 17.7. The van der Waals surface area contributed by atoms with Gasteiger partial charge in [-0.3, -0.25) is 9.55 Å². The van der Waals surface area contributed by atoms with Crippen LogP contribution >= 0.6 is 0 Å². The Hall–Kier alpha value is -6.04. The van der Waals surface area contributed by atoms with Crippen molar-refractivity contribution in [2.45, 2.75) is 0 Å². The maximum absolute atomic E-state index is 10.9. The second kappa shape index (κ2) is 12.0. The minimum absolute atomic E-state index is 0.195. The molecule has 5 heteroatoms. The van der Waals surface area contributed by atoms with Gasteiger partial charge in [0.15, 0.2) is 0 Å². The molecule has 2 heterocycles. The van der Waals surface area contributed by atoms with Crippen LogP contribution in [0.3, 0.4) is 0 Å². The Morgan fingerprint density at radius 2 is 1.11 bits per heavy atom. The highest BCUT2D eigenvalue weighted by molar-refractivity contribution is 7.19. The number of imidazole rings is 1. The summed E-state index contributed by atoms with van der Waals surface area (Å²) in [6.07, 6.45) is 1.91. The quantitative estimate of drug-likeness (QED) is 0.157. The standard InChI is InChI=1S/C42H31N3OSi/c46-39-27-11-10-24-37(39)42-44-41-36(25-15-26-38(41)45(42)32-17-4-1-5-18-32)31-16-14-23-35(30-31)47(33-19-6-2-7-20-33,34-21-8-3-9-22-34)40-28-12-13-29-43-40/h1-30,46H. The highest BCUT2D eigenvalue weighted by Gasteiger charge is 2.43. The van der Waals surface area contributed by atoms with E-state index in [2.05, 4.69) is 132 Å². The van der Waals surface area contributed by atoms with E-state index in [1.165, 1.54) is 15.6 Å². The van der Waals surface area contributed by atoms with E-state index < -0.39 is 8.07 Å². The van der Waals surface area contributed by atoms with Gasteiger partial charge in [0.1, 0.15) is 11.6 Å². The number of aromatic nitrogens is 3. The zero-order chi connectivity index (χ0) is 31.6. The van der Waals surface area contributed by atoms with E-state index in [-0.39, 0.29) is 5.75 Å². The van der Waals surface area contributed by atoms with E-state index in [0.29, 0.717) is 11.4 Å². The van der Waals surface area contributed by atoms with Crippen LogP contribution in [0.15, 0.2) is 182 Å². The normalized spacial score (nSPS) is 11.5. The topological polar surface area (TPSA) is 50.9 Å². The highest BCUT2D eigenvalue weighted by Crippen LogP contribution is 2.37. The molecule has 8 rings (SSSR count). The third-order valence-electron chi connectivity index (χ3n) is 8.91. The van der Waals surface area contributed by atoms with Crippen LogP contribution < -0.4 is 20.9 Å². The van der Waals surface area contributed by atoms with Crippen LogP contribution in [0.5, 0.6) is 5.75 Å². The molecule has 0 fully saturated rings. The van der Waals surface area contributed by atoms with Crippen molar-refractivity contribution in [1.82, 2.24) is 14.5 Å². The summed E-state index contributed by atoms with van der Waals surface area (Å²) in [6, 6.07) is 60.8. The molecule has 1 N–H and O–H groups in total. The van der Waals surface area contributed by atoms with Gasteiger partial charge in [0.25, 0.3) is 0 Å². The Morgan fingerprint density at radius 1 is 0.511 bits per heavy atom. The lowest BCUT2D eigenvalue weighted by molar-refractivity contribution is 0.477. The summed E-state index contributed by atoms with van der Waals surface area (Å²) >= 11 is 0. The van der Waals surface area contributed by atoms with Gasteiger partial charge in [0.05, 0.1) is 16.6 Å². The number of aromatic hydroxyl groups is 1. The lowest BCUT2D eigenvalue weighted by Crippen LogP contribution is -2.75. The number of hydrogen-bond donors (Lipinski definition) is 1. The Kier molecular flexibility index (Phi) is 7.29. The Balaban J connectivity index is 1.40. The summed E-state index contributed by atoms with van der Waals surface area (Å²) in [4.78, 5) is 10.3. The molecule has 8 aromatic rings. The number of para-hydroxylation sites is 3. The van der Waals surface area contributed by atoms with Gasteiger partial charge in [-0.1, -0.05) is 133 Å². The molecular weight excluding hydrogens is 591 g/mol. The molecule has 6 aromatic carbocycles. The van der Waals surface area contributed by atoms with Gasteiger partial charge in [0.2, 0.25) is 8.07 Å². The molecule has 2 aromatic heterocycles. The second-order valence-corrected chi connectivity index (χ2v) is 15.3. The zero-order valence-electron chi connectivity index (χ0n) is 25.6. The first-order chi connectivity index (χ1) is 23.2. The maximum atomic E-state index is 10.9. The fourth-order valence-corrected chi connectivity index (χ4v) is 11.4. The first-order valence-electron chi connectivity index (χ1n) is 15.7. The number of nitrogens with zero attached hydrogens (tertiary/aromatic N) is 3. The number of phenolic OH excluding ortho intramolecular Hbond substituents is 1. The number of fused-ring (bicyclic) bond motifs is 1. The zero-order valence-corrected chi connectivity index (χ0v) is 26.6. The van der Waals surface area contributed by atoms with E-state index in [9.17, 15) is 5.11 Å². The molecule has 0 unspecified atom stereocenters. The van der Waals surface area contributed by atoms with Crippen LogP contribution in [0.2, 0.25) is 0 Å². The Bertz CT molecular complexity index is 2210. The van der Waals surface area contributed by atoms with Crippen molar-refractivity contribution in [3.63, 3.8) is 0 Å². The fraction of sp³-hybridized carbons (Fsp3) is 0. The van der Waals surface area contributed by atoms with Crippen molar-refractivity contribution in [2.24, 2.45) is 0 Å². The maximum Gasteiger partial charge on any atom is 0.201 e. The monoisotopic (exact) mass is 621 g/mol. The summed E-state index contributed by atoms with van der Waals surface area (Å²) in [5.74, 6) is 0.888. The SMILES string of the molecule is Oc1ccccc1-c1nc2c(-c3cccc([Si](c4ccccc4)(c4ccccc4)c4ccccn4)c3)cccc2n1-c1ccccc1. The number of rotatable bonds is 7. The molecular formula is C42H31N3OSi. The molecule has 0 spiro atoms. The van der Waals surface area contributed by atoms with Crippen molar-refractivity contribution in [1.29, 1.82) is 0 Å². The number of pyridine rings is 1. The van der Waals surface area contributed by atoms with Gasteiger partial charge in [-0.05, 0) is 63.6 Å². The van der Waals surface area contributed by atoms with Crippen molar-refractivity contribution >= 4 is 40.0 Å². The first kappa shape index (κ1) is 28.4. The molecule has 0 amide bonds. The predicted octanol–water partition coefficient (Wildman–Crippen LogP) is 6.84. The largest absolute Gasteiger partial charge is 0.507 e. The summed E-state index contributed by atoms with van der Waals surface area (Å²) in [6.45, 7) is 0. The third kappa shape index (κ3) is 4.85. The summed E-state index contributed by atoms with van der Waals surface area (Å²) < 4.78 is 2.14. The summed E-state index contributed by atoms with van der Waals surface area (Å²) in [5, 5.41) is 15.8. The molecule has 0 saturated carbocycles. The van der Waals surface area contributed by atoms with Crippen LogP contribution in [0.4, 0.5) is 0 Å². The van der Waals surface area contributed by atoms with E-state index in [4.69, 9.17) is 9.97 Å². The average molecular weight is 622 g/mol. The third-order valence-corrected chi connectivity index (χ3v) is 13.6. The minimum Gasteiger partial charge on any atom is -0.507 e. The van der Waals surface area contributed by atoms with E-state index in [0.717, 1.165) is 33.2 Å². The molecule has 0 atom stereocenters. The smallest absolute Gasteiger partial charge is 0.201 e.